The Morgan fingerprint density at radius 3 is 2.77 bits per heavy atom. The molecule has 0 bridgehead atoms. The van der Waals surface area contributed by atoms with Crippen LogP contribution in [0.25, 0.3) is 10.9 Å². The number of rotatable bonds is 0. The van der Waals surface area contributed by atoms with E-state index in [2.05, 4.69) is 0 Å². The maximum Gasteiger partial charge on any atom is 0.215 e. The second-order valence-corrected chi connectivity index (χ2v) is 2.82. The number of nitrogens with zero attached hydrogens (tertiary/aromatic N) is 1. The van der Waals surface area contributed by atoms with Crippen LogP contribution in [0.15, 0.2) is 36.5 Å². The first-order valence-electron chi connectivity index (χ1n) is 3.81. The third kappa shape index (κ3) is 1.96. The monoisotopic (exact) mass is 289 g/mol. The maximum atomic E-state index is 12.8. The van der Waals surface area contributed by atoms with Gasteiger partial charge >= 0.3 is 0 Å². The second kappa shape index (κ2) is 4.00. The molecule has 0 aliphatic rings. The van der Waals surface area contributed by atoms with Gasteiger partial charge in [0.05, 0.1) is 0 Å². The van der Waals surface area contributed by atoms with Crippen LogP contribution >= 0.6 is 0 Å². The molecule has 0 N–H and O–H groups in total. The predicted octanol–water partition coefficient (Wildman–Crippen LogP) is -1.19. The Kier molecular flexibility index (Phi) is 3.19. The molecule has 0 amide bonds. The van der Waals surface area contributed by atoms with Crippen molar-refractivity contribution >= 4 is 10.9 Å². The summed E-state index contributed by atoms with van der Waals surface area (Å²) in [6.07, 6.45) is 1.90. The molecule has 0 unspecified atom stereocenters. The largest absolute Gasteiger partial charge is 1.00 e. The first-order chi connectivity index (χ1) is 5.77. The van der Waals surface area contributed by atoms with Gasteiger partial charge in [-0.15, -0.1) is 0 Å². The normalized spacial score (nSPS) is 9.69. The van der Waals surface area contributed by atoms with E-state index in [1.807, 2.05) is 29.9 Å². The van der Waals surface area contributed by atoms with Gasteiger partial charge in [0.15, 0.2) is 6.20 Å². The number of halogens is 2. The first-order valence-corrected chi connectivity index (χ1v) is 3.81. The smallest absolute Gasteiger partial charge is 0.215 e. The highest BCUT2D eigenvalue weighted by Gasteiger charge is 2.03. The zero-order valence-corrected chi connectivity index (χ0v) is 9.32. The van der Waals surface area contributed by atoms with E-state index in [0.717, 1.165) is 10.9 Å². The Labute approximate surface area is 93.2 Å². The Morgan fingerprint density at radius 1 is 1.23 bits per heavy atom. The number of hydrogen-bond donors (Lipinski definition) is 0. The lowest BCUT2D eigenvalue weighted by Gasteiger charge is -1.94. The van der Waals surface area contributed by atoms with Crippen molar-refractivity contribution in [1.82, 2.24) is 0 Å². The molecule has 0 aliphatic heterocycles. The summed E-state index contributed by atoms with van der Waals surface area (Å²) in [6.45, 7) is 0. The SMILES string of the molecule is C[n+]1cccc2ccc(F)cc21.[I-]. The first kappa shape index (κ1) is 10.4. The average molecular weight is 289 g/mol. The lowest BCUT2D eigenvalue weighted by atomic mass is 10.2. The standard InChI is InChI=1S/C10H9FN.HI/c1-12-6-2-3-8-4-5-9(11)7-10(8)12;/h2-7H,1H3;1H/q+1;/p-1. The van der Waals surface area contributed by atoms with E-state index >= 15 is 0 Å². The van der Waals surface area contributed by atoms with Gasteiger partial charge < -0.3 is 24.0 Å². The van der Waals surface area contributed by atoms with Gasteiger partial charge in [0, 0.05) is 17.5 Å². The van der Waals surface area contributed by atoms with Crippen LogP contribution in [0.4, 0.5) is 4.39 Å². The molecule has 0 spiro atoms. The van der Waals surface area contributed by atoms with Crippen LogP contribution < -0.4 is 28.5 Å². The Morgan fingerprint density at radius 2 is 2.00 bits per heavy atom. The molecule has 3 heteroatoms. The Balaban J connectivity index is 0.000000845. The number of pyridine rings is 1. The molecule has 2 aromatic rings. The van der Waals surface area contributed by atoms with E-state index < -0.39 is 0 Å². The molecule has 0 radical (unpaired) electrons. The van der Waals surface area contributed by atoms with Crippen LogP contribution in [0.5, 0.6) is 0 Å². The minimum absolute atomic E-state index is 0. The molecule has 1 heterocycles. The van der Waals surface area contributed by atoms with Crippen molar-refractivity contribution in [2.45, 2.75) is 0 Å². The van der Waals surface area contributed by atoms with Crippen molar-refractivity contribution in [3.63, 3.8) is 0 Å². The molecule has 0 fully saturated rings. The third-order valence-corrected chi connectivity index (χ3v) is 1.96. The number of hydrogen-bond acceptors (Lipinski definition) is 0. The second-order valence-electron chi connectivity index (χ2n) is 2.82. The fraction of sp³-hybridized carbons (Fsp3) is 0.100. The summed E-state index contributed by atoms with van der Waals surface area (Å²) in [7, 11) is 1.90. The van der Waals surface area contributed by atoms with Crippen LogP contribution in [0, 0.1) is 5.82 Å². The predicted molar refractivity (Wildman–Crippen MR) is 45.1 cm³/mol. The summed E-state index contributed by atoms with van der Waals surface area (Å²) in [6, 6.07) is 8.71. The fourth-order valence-electron chi connectivity index (χ4n) is 1.32. The topological polar surface area (TPSA) is 3.88 Å². The minimum Gasteiger partial charge on any atom is -1.00 e. The van der Waals surface area contributed by atoms with Crippen molar-refractivity contribution in [2.24, 2.45) is 7.05 Å². The molecule has 68 valence electrons. The van der Waals surface area contributed by atoms with Crippen molar-refractivity contribution in [3.8, 4) is 0 Å². The van der Waals surface area contributed by atoms with Crippen molar-refractivity contribution in [3.05, 3.63) is 42.3 Å². The lowest BCUT2D eigenvalue weighted by Crippen LogP contribution is -3.00. The van der Waals surface area contributed by atoms with Gasteiger partial charge in [-0.2, -0.15) is 0 Å². The van der Waals surface area contributed by atoms with Crippen LogP contribution in [0.2, 0.25) is 0 Å². The lowest BCUT2D eigenvalue weighted by molar-refractivity contribution is -0.644. The fourth-order valence-corrected chi connectivity index (χ4v) is 1.32. The van der Waals surface area contributed by atoms with Gasteiger partial charge in [0.1, 0.15) is 12.9 Å². The molecule has 2 rings (SSSR count). The van der Waals surface area contributed by atoms with Crippen molar-refractivity contribution in [1.29, 1.82) is 0 Å². The van der Waals surface area contributed by atoms with Crippen LogP contribution in [0.3, 0.4) is 0 Å². The quantitative estimate of drug-likeness (QED) is 0.424. The van der Waals surface area contributed by atoms with E-state index in [9.17, 15) is 4.39 Å². The van der Waals surface area contributed by atoms with Crippen LogP contribution in [0.1, 0.15) is 0 Å². The highest BCUT2D eigenvalue weighted by molar-refractivity contribution is 5.75. The molecular formula is C10H9FIN. The highest BCUT2D eigenvalue weighted by atomic mass is 127. The third-order valence-electron chi connectivity index (χ3n) is 1.96. The molecule has 1 aromatic carbocycles. The summed E-state index contributed by atoms with van der Waals surface area (Å²) in [4.78, 5) is 0. The van der Waals surface area contributed by atoms with Gasteiger partial charge in [-0.3, -0.25) is 0 Å². The highest BCUT2D eigenvalue weighted by Crippen LogP contribution is 2.09. The number of benzene rings is 1. The van der Waals surface area contributed by atoms with E-state index in [1.54, 1.807) is 6.07 Å². The van der Waals surface area contributed by atoms with Crippen molar-refractivity contribution in [2.75, 3.05) is 0 Å². The van der Waals surface area contributed by atoms with Crippen LogP contribution in [-0.2, 0) is 7.05 Å². The molecular weight excluding hydrogens is 280 g/mol. The van der Waals surface area contributed by atoms with Gasteiger partial charge in [0.25, 0.3) is 0 Å². The van der Waals surface area contributed by atoms with Gasteiger partial charge in [-0.1, -0.05) is 0 Å². The molecule has 0 saturated heterocycles. The van der Waals surface area contributed by atoms with E-state index in [4.69, 9.17) is 0 Å². The molecule has 0 aliphatic carbocycles. The van der Waals surface area contributed by atoms with Crippen molar-refractivity contribution < 1.29 is 32.9 Å². The van der Waals surface area contributed by atoms with Gasteiger partial charge in [0.2, 0.25) is 5.52 Å². The van der Waals surface area contributed by atoms with Gasteiger partial charge in [-0.25, -0.2) is 8.96 Å². The summed E-state index contributed by atoms with van der Waals surface area (Å²) < 4.78 is 14.7. The summed E-state index contributed by atoms with van der Waals surface area (Å²) in [5.74, 6) is -0.190. The Hall–Kier alpha value is -0.710. The zero-order valence-electron chi connectivity index (χ0n) is 7.17. The molecule has 13 heavy (non-hydrogen) atoms. The Bertz CT molecular complexity index is 428. The molecule has 0 saturated carbocycles. The number of fused-ring (bicyclic) bond motifs is 1. The maximum absolute atomic E-state index is 12.8. The van der Waals surface area contributed by atoms with Crippen LogP contribution in [-0.4, -0.2) is 0 Å². The molecule has 1 aromatic heterocycles. The minimum atomic E-state index is -0.190. The average Bonchev–Trinajstić information content (AvgIpc) is 2.07. The van der Waals surface area contributed by atoms with Gasteiger partial charge in [-0.05, 0) is 18.2 Å². The van der Waals surface area contributed by atoms with E-state index in [1.165, 1.54) is 12.1 Å². The number of aryl methyl sites for hydroxylation is 1. The number of aromatic nitrogens is 1. The summed E-state index contributed by atoms with van der Waals surface area (Å²) >= 11 is 0. The molecule has 0 atom stereocenters. The summed E-state index contributed by atoms with van der Waals surface area (Å²) in [5, 5.41) is 1.06. The zero-order chi connectivity index (χ0) is 8.55. The van der Waals surface area contributed by atoms with E-state index in [-0.39, 0.29) is 29.8 Å². The van der Waals surface area contributed by atoms with E-state index in [0.29, 0.717) is 0 Å². The summed E-state index contributed by atoms with van der Waals surface area (Å²) in [5.41, 5.74) is 0.914. The molecule has 1 nitrogen and oxygen atoms in total.